The first-order valence-corrected chi connectivity index (χ1v) is 13.6. The van der Waals surface area contributed by atoms with Crippen LogP contribution in [0.1, 0.15) is 81.9 Å². The summed E-state index contributed by atoms with van der Waals surface area (Å²) in [6.07, 6.45) is 4.48. The van der Waals surface area contributed by atoms with E-state index in [1.54, 1.807) is 7.11 Å². The average Bonchev–Trinajstić information content (AvgIpc) is 3.14. The first-order chi connectivity index (χ1) is 17.9. The number of fused-ring (bicyclic) bond motifs is 1. The zero-order valence-electron chi connectivity index (χ0n) is 23.4. The van der Waals surface area contributed by atoms with Crippen LogP contribution in [-0.4, -0.2) is 53.2 Å². The predicted octanol–water partition coefficient (Wildman–Crippen LogP) is 7.05. The van der Waals surface area contributed by atoms with Gasteiger partial charge in [0.2, 0.25) is 0 Å². The number of ketones is 2. The van der Waals surface area contributed by atoms with Gasteiger partial charge in [0.1, 0.15) is 5.76 Å². The minimum absolute atomic E-state index is 0.0139. The monoisotopic (exact) mass is 526 g/mol. The van der Waals surface area contributed by atoms with E-state index >= 15 is 0 Å². The van der Waals surface area contributed by atoms with Crippen molar-refractivity contribution in [2.24, 2.45) is 5.92 Å². The van der Waals surface area contributed by atoms with Crippen LogP contribution >= 0.6 is 0 Å². The van der Waals surface area contributed by atoms with E-state index in [1.165, 1.54) is 0 Å². The second-order valence-electron chi connectivity index (χ2n) is 11.3. The Morgan fingerprint density at radius 2 is 1.95 bits per heavy atom. The molecule has 0 N–H and O–H groups in total. The van der Waals surface area contributed by atoms with Crippen LogP contribution in [0.3, 0.4) is 0 Å². The Morgan fingerprint density at radius 3 is 2.61 bits per heavy atom. The number of likely N-dealkylation sites (tertiary alicyclic amines) is 1. The first-order valence-electron chi connectivity index (χ1n) is 13.6. The molecule has 0 spiro atoms. The van der Waals surface area contributed by atoms with Gasteiger partial charge in [0.15, 0.2) is 11.6 Å². The molecule has 0 bridgehead atoms. The number of methoxy groups -OCH3 is 1. The summed E-state index contributed by atoms with van der Waals surface area (Å²) in [6.45, 7) is 9.53. The molecule has 0 saturated carbocycles. The van der Waals surface area contributed by atoms with Crippen LogP contribution in [0.4, 0.5) is 8.78 Å². The third-order valence-corrected chi connectivity index (χ3v) is 8.33. The number of hydrogen-bond acceptors (Lipinski definition) is 4. The Morgan fingerprint density at radius 1 is 1.24 bits per heavy atom. The number of Topliss-reactive ketones (excluding diaryl/α,β-unsaturated/α-hetero) is 2. The number of hydrogen-bond donors (Lipinski definition) is 0. The maximum absolute atomic E-state index is 13.7. The molecule has 2 heterocycles. The number of aromatic nitrogens is 1. The van der Waals surface area contributed by atoms with Crippen LogP contribution in [0.5, 0.6) is 0 Å². The van der Waals surface area contributed by atoms with Gasteiger partial charge in [0, 0.05) is 59.6 Å². The third-order valence-electron chi connectivity index (χ3n) is 8.33. The zero-order chi connectivity index (χ0) is 27.8. The topological polar surface area (TPSA) is 51.5 Å². The van der Waals surface area contributed by atoms with Gasteiger partial charge in [0.25, 0.3) is 5.92 Å². The molecule has 0 amide bonds. The molecule has 2 aromatic rings. The number of allylic oxidation sites excluding steroid dienone is 3. The van der Waals surface area contributed by atoms with Crippen molar-refractivity contribution in [2.75, 3.05) is 20.2 Å². The van der Waals surface area contributed by atoms with Crippen molar-refractivity contribution in [3.05, 3.63) is 58.5 Å². The molecule has 2 aliphatic rings. The van der Waals surface area contributed by atoms with Crippen molar-refractivity contribution in [1.29, 1.82) is 0 Å². The summed E-state index contributed by atoms with van der Waals surface area (Å²) >= 11 is 0. The van der Waals surface area contributed by atoms with Gasteiger partial charge < -0.3 is 9.30 Å². The molecule has 5 nitrogen and oxygen atoms in total. The van der Waals surface area contributed by atoms with Crippen LogP contribution in [-0.2, 0) is 9.53 Å². The van der Waals surface area contributed by atoms with Gasteiger partial charge in [-0.05, 0) is 71.6 Å². The number of para-hydroxylation sites is 1. The lowest BCUT2D eigenvalue weighted by atomic mass is 9.86. The number of piperidine rings is 1. The summed E-state index contributed by atoms with van der Waals surface area (Å²) in [7, 11) is 1.55. The smallest absolute Gasteiger partial charge is 0.257 e. The number of ether oxygens (including phenoxy) is 1. The average molecular weight is 527 g/mol. The molecule has 4 rings (SSSR count). The molecule has 1 aliphatic carbocycles. The lowest BCUT2D eigenvalue weighted by Gasteiger charge is -2.41. The van der Waals surface area contributed by atoms with Gasteiger partial charge in [-0.3, -0.25) is 14.5 Å². The van der Waals surface area contributed by atoms with Crippen LogP contribution in [0.25, 0.3) is 10.9 Å². The predicted molar refractivity (Wildman–Crippen MR) is 147 cm³/mol. The fraction of sp³-hybridized carbons (Fsp3) is 0.548. The van der Waals surface area contributed by atoms with Crippen molar-refractivity contribution >= 4 is 22.5 Å². The minimum atomic E-state index is -2.70. The molecule has 206 valence electrons. The summed E-state index contributed by atoms with van der Waals surface area (Å²) in [4.78, 5) is 28.2. The van der Waals surface area contributed by atoms with Crippen molar-refractivity contribution < 1.29 is 23.1 Å². The molecule has 7 heteroatoms. The number of carbonyl (C=O) groups excluding carboxylic acids is 2. The van der Waals surface area contributed by atoms with Gasteiger partial charge in [-0.2, -0.15) is 0 Å². The number of halogens is 2. The van der Waals surface area contributed by atoms with Crippen LogP contribution in [0.2, 0.25) is 0 Å². The van der Waals surface area contributed by atoms with Gasteiger partial charge in [0.05, 0.1) is 13.7 Å². The maximum Gasteiger partial charge on any atom is 0.257 e. The molecule has 38 heavy (non-hydrogen) atoms. The lowest BCUT2D eigenvalue weighted by molar-refractivity contribution is -0.115. The second-order valence-corrected chi connectivity index (χ2v) is 11.3. The Balaban J connectivity index is 1.58. The van der Waals surface area contributed by atoms with Crippen molar-refractivity contribution in [3.8, 4) is 0 Å². The highest BCUT2D eigenvalue weighted by atomic mass is 19.3. The number of nitrogens with zero attached hydrogens (tertiary/aromatic N) is 2. The van der Waals surface area contributed by atoms with Gasteiger partial charge in [-0.15, -0.1) is 0 Å². The number of benzene rings is 1. The second kappa shape index (κ2) is 11.1. The largest absolute Gasteiger partial charge is 0.496 e. The quantitative estimate of drug-likeness (QED) is 0.329. The van der Waals surface area contributed by atoms with E-state index in [2.05, 4.69) is 17.6 Å². The van der Waals surface area contributed by atoms with E-state index < -0.39 is 5.92 Å². The third kappa shape index (κ3) is 5.78. The van der Waals surface area contributed by atoms with E-state index in [0.29, 0.717) is 42.2 Å². The molecule has 3 unspecified atom stereocenters. The van der Waals surface area contributed by atoms with Crippen molar-refractivity contribution in [3.63, 3.8) is 0 Å². The Hall–Kier alpha value is -2.80. The van der Waals surface area contributed by atoms with Crippen LogP contribution < -0.4 is 0 Å². The standard InChI is InChI=1S/C31H40F2N2O3/c1-19-15-28(37)25(29(16-19)38-6)11-12-27(36)30-22(4)35(26-10-8-7-9-24(26)30)21(3)23-13-14-34(20(2)17-23)18-31(5,32)33/h7-10,16,20-21,23H,11-15,17-18H2,1-6H3. The summed E-state index contributed by atoms with van der Waals surface area (Å²) in [5.74, 6) is -1.80. The minimum Gasteiger partial charge on any atom is -0.496 e. The number of rotatable bonds is 9. The van der Waals surface area contributed by atoms with Crippen molar-refractivity contribution in [1.82, 2.24) is 9.47 Å². The number of carbonyl (C=O) groups is 2. The zero-order valence-corrected chi connectivity index (χ0v) is 23.4. The Bertz CT molecular complexity index is 1280. The summed E-state index contributed by atoms with van der Waals surface area (Å²) in [5, 5.41) is 0.921. The highest BCUT2D eigenvalue weighted by Gasteiger charge is 2.35. The Labute approximate surface area is 224 Å². The van der Waals surface area contributed by atoms with E-state index in [0.717, 1.165) is 41.9 Å². The van der Waals surface area contributed by atoms with E-state index in [-0.39, 0.29) is 36.6 Å². The van der Waals surface area contributed by atoms with E-state index in [1.807, 2.05) is 49.9 Å². The molecule has 1 fully saturated rings. The van der Waals surface area contributed by atoms with Gasteiger partial charge >= 0.3 is 0 Å². The van der Waals surface area contributed by atoms with E-state index in [4.69, 9.17) is 4.74 Å². The first kappa shape index (κ1) is 28.2. The molecular weight excluding hydrogens is 486 g/mol. The normalized spacial score (nSPS) is 22.1. The summed E-state index contributed by atoms with van der Waals surface area (Å²) < 4.78 is 35.0. The van der Waals surface area contributed by atoms with Gasteiger partial charge in [-0.1, -0.05) is 23.8 Å². The summed E-state index contributed by atoms with van der Waals surface area (Å²) in [6, 6.07) is 8.16. The molecule has 3 atom stereocenters. The SMILES string of the molecule is COC1=C(CCC(=O)c2c(C)n(C(C)C3CCN(CC(C)(F)F)C(C)C3)c3ccccc23)C(=O)CC(C)=C1. The fourth-order valence-corrected chi connectivity index (χ4v) is 6.43. The molecule has 1 saturated heterocycles. The maximum atomic E-state index is 13.7. The molecular formula is C31H40F2N2O3. The highest BCUT2D eigenvalue weighted by molar-refractivity contribution is 6.10. The molecule has 0 radical (unpaired) electrons. The Kier molecular flexibility index (Phi) is 8.26. The molecule has 1 aliphatic heterocycles. The molecule has 1 aromatic carbocycles. The van der Waals surface area contributed by atoms with Gasteiger partial charge in [-0.25, -0.2) is 8.78 Å². The van der Waals surface area contributed by atoms with E-state index in [9.17, 15) is 18.4 Å². The fourth-order valence-electron chi connectivity index (χ4n) is 6.43. The van der Waals surface area contributed by atoms with Crippen molar-refractivity contribution in [2.45, 2.75) is 84.7 Å². The number of alkyl halides is 2. The van der Waals surface area contributed by atoms with Crippen LogP contribution in [0, 0.1) is 12.8 Å². The highest BCUT2D eigenvalue weighted by Crippen LogP contribution is 2.38. The summed E-state index contributed by atoms with van der Waals surface area (Å²) in [5.41, 5.74) is 4.18. The molecule has 1 aromatic heterocycles. The lowest BCUT2D eigenvalue weighted by Crippen LogP contribution is -2.46. The van der Waals surface area contributed by atoms with Crippen LogP contribution in [0.15, 0.2) is 47.2 Å².